The molecule has 10 heteroatoms. The molecule has 0 aliphatic carbocycles. The van der Waals surface area contributed by atoms with E-state index in [0.29, 0.717) is 12.1 Å². The Balaban J connectivity index is 2.28. The van der Waals surface area contributed by atoms with Crippen molar-refractivity contribution in [2.75, 3.05) is 5.32 Å². The molecule has 5 nitrogen and oxygen atoms in total. The minimum absolute atomic E-state index is 0.235. The van der Waals surface area contributed by atoms with E-state index < -0.39 is 32.2 Å². The number of hydrogen-bond acceptors (Lipinski definition) is 5. The van der Waals surface area contributed by atoms with Gasteiger partial charge in [-0.15, -0.1) is 11.3 Å². The van der Waals surface area contributed by atoms with E-state index in [1.54, 1.807) is 5.38 Å². The van der Waals surface area contributed by atoms with E-state index >= 15 is 0 Å². The largest absolute Gasteiger partial charge is 0.416 e. The first kappa shape index (κ1) is 22.4. The number of hydrogen-bond donors (Lipinski definition) is 1. The van der Waals surface area contributed by atoms with Crippen LogP contribution < -0.4 is 5.32 Å². The van der Waals surface area contributed by atoms with E-state index in [2.05, 4.69) is 10.3 Å². The summed E-state index contributed by atoms with van der Waals surface area (Å²) in [5, 5.41) is 4.52. The summed E-state index contributed by atoms with van der Waals surface area (Å²) < 4.78 is 61.8. The molecule has 1 aromatic carbocycles. The third kappa shape index (κ3) is 4.38. The second-order valence-electron chi connectivity index (χ2n) is 7.78. The number of aromatic nitrogens is 1. The highest BCUT2D eigenvalue weighted by Crippen LogP contribution is 2.33. The van der Waals surface area contributed by atoms with Gasteiger partial charge in [-0.2, -0.15) is 13.2 Å². The van der Waals surface area contributed by atoms with E-state index in [9.17, 15) is 26.4 Å². The van der Waals surface area contributed by atoms with Gasteiger partial charge in [0.15, 0.2) is 15.0 Å². The zero-order chi connectivity index (χ0) is 21.5. The Bertz CT molecular complexity index is 971. The van der Waals surface area contributed by atoms with E-state index in [0.717, 1.165) is 17.8 Å². The van der Waals surface area contributed by atoms with Gasteiger partial charge in [0.1, 0.15) is 4.75 Å². The maximum atomic E-state index is 12.9. The summed E-state index contributed by atoms with van der Waals surface area (Å²) in [7, 11) is -4.24. The summed E-state index contributed by atoms with van der Waals surface area (Å²) in [5.41, 5.74) is -0.455. The number of carbonyl (C=O) groups excluding carboxylic acids is 1. The quantitative estimate of drug-likeness (QED) is 0.760. The highest BCUT2D eigenvalue weighted by atomic mass is 32.2. The number of benzene rings is 1. The predicted octanol–water partition coefficient (Wildman–Crippen LogP) is 4.65. The molecule has 0 spiro atoms. The smallest absolute Gasteiger partial charge is 0.301 e. The number of amides is 1. The molecule has 2 aromatic rings. The lowest BCUT2D eigenvalue weighted by Crippen LogP contribution is -2.44. The number of thiazole rings is 1. The number of rotatable bonds is 4. The summed E-state index contributed by atoms with van der Waals surface area (Å²) in [4.78, 5) is 16.6. The van der Waals surface area contributed by atoms with Crippen molar-refractivity contribution in [3.05, 3.63) is 40.9 Å². The molecule has 0 radical (unpaired) electrons. The third-order valence-electron chi connectivity index (χ3n) is 4.20. The topological polar surface area (TPSA) is 76.1 Å². The van der Waals surface area contributed by atoms with Crippen LogP contribution in [0.25, 0.3) is 0 Å². The lowest BCUT2D eigenvalue weighted by atomic mass is 9.93. The number of carbonyl (C=O) groups is 1. The number of nitrogens with one attached hydrogen (secondary N) is 1. The van der Waals surface area contributed by atoms with Crippen LogP contribution in [-0.2, 0) is 26.2 Å². The Morgan fingerprint density at radius 1 is 1.04 bits per heavy atom. The van der Waals surface area contributed by atoms with Crippen LogP contribution in [0.15, 0.2) is 34.5 Å². The van der Waals surface area contributed by atoms with Crippen LogP contribution in [-0.4, -0.2) is 24.1 Å². The molecule has 1 N–H and O–H groups in total. The summed E-state index contributed by atoms with van der Waals surface area (Å²) >= 11 is 1.17. The van der Waals surface area contributed by atoms with Gasteiger partial charge in [0, 0.05) is 10.8 Å². The van der Waals surface area contributed by atoms with Crippen LogP contribution in [0.1, 0.15) is 45.9 Å². The van der Waals surface area contributed by atoms with Crippen LogP contribution in [0, 0.1) is 0 Å². The number of sulfone groups is 1. The zero-order valence-electron chi connectivity index (χ0n) is 16.0. The molecule has 154 valence electrons. The molecule has 1 heterocycles. The van der Waals surface area contributed by atoms with Gasteiger partial charge in [0.05, 0.1) is 16.2 Å². The lowest BCUT2D eigenvalue weighted by Gasteiger charge is -2.23. The number of anilines is 1. The molecule has 0 saturated carbocycles. The third-order valence-corrected chi connectivity index (χ3v) is 7.38. The van der Waals surface area contributed by atoms with Crippen molar-refractivity contribution in [2.24, 2.45) is 0 Å². The van der Waals surface area contributed by atoms with Gasteiger partial charge in [0.2, 0.25) is 5.91 Å². The first-order valence-corrected chi connectivity index (χ1v) is 10.6. The first-order valence-electron chi connectivity index (χ1n) is 8.26. The zero-order valence-corrected chi connectivity index (χ0v) is 17.6. The number of alkyl halides is 3. The van der Waals surface area contributed by atoms with Gasteiger partial charge in [-0.05, 0) is 38.1 Å². The molecule has 0 aliphatic heterocycles. The molecule has 2 rings (SSSR count). The molecule has 0 atom stereocenters. The molecular weight excluding hydrogens is 413 g/mol. The number of nitrogens with zero attached hydrogens (tertiary/aromatic N) is 1. The van der Waals surface area contributed by atoms with Gasteiger partial charge < -0.3 is 5.32 Å². The maximum Gasteiger partial charge on any atom is 0.416 e. The van der Waals surface area contributed by atoms with Crippen LogP contribution in [0.2, 0.25) is 0 Å². The molecule has 28 heavy (non-hydrogen) atoms. The molecule has 1 aromatic heterocycles. The second kappa shape index (κ2) is 7.14. The van der Waals surface area contributed by atoms with Crippen molar-refractivity contribution in [3.8, 4) is 0 Å². The predicted molar refractivity (Wildman–Crippen MR) is 102 cm³/mol. The van der Waals surface area contributed by atoms with E-state index in [1.807, 2.05) is 20.8 Å². The van der Waals surface area contributed by atoms with Gasteiger partial charge in [-0.3, -0.25) is 4.79 Å². The lowest BCUT2D eigenvalue weighted by molar-refractivity contribution is -0.137. The van der Waals surface area contributed by atoms with E-state index in [-0.39, 0.29) is 15.4 Å². The maximum absolute atomic E-state index is 12.9. The molecule has 0 unspecified atom stereocenters. The van der Waals surface area contributed by atoms with Crippen molar-refractivity contribution < 1.29 is 26.4 Å². The fourth-order valence-electron chi connectivity index (χ4n) is 2.16. The molecular formula is C18H21F3N2O3S2. The highest BCUT2D eigenvalue weighted by Gasteiger charge is 2.43. The molecule has 0 aliphatic rings. The minimum Gasteiger partial charge on any atom is -0.301 e. The van der Waals surface area contributed by atoms with Gasteiger partial charge in [-0.25, -0.2) is 13.4 Å². The Morgan fingerprint density at radius 3 is 2.00 bits per heavy atom. The van der Waals surface area contributed by atoms with Crippen molar-refractivity contribution in [3.63, 3.8) is 0 Å². The van der Waals surface area contributed by atoms with Crippen LogP contribution in [0.3, 0.4) is 0 Å². The highest BCUT2D eigenvalue weighted by molar-refractivity contribution is 7.93. The number of halogens is 3. The van der Waals surface area contributed by atoms with Crippen molar-refractivity contribution in [2.45, 2.75) is 55.9 Å². The van der Waals surface area contributed by atoms with Gasteiger partial charge in [-0.1, -0.05) is 20.8 Å². The molecule has 0 fully saturated rings. The Labute approximate surface area is 165 Å². The van der Waals surface area contributed by atoms with Crippen molar-refractivity contribution in [1.29, 1.82) is 0 Å². The van der Waals surface area contributed by atoms with Gasteiger partial charge >= 0.3 is 6.18 Å². The Morgan fingerprint density at radius 2 is 1.57 bits per heavy atom. The average molecular weight is 435 g/mol. The normalized spacial score (nSPS) is 13.4. The van der Waals surface area contributed by atoms with Crippen molar-refractivity contribution >= 4 is 32.2 Å². The molecule has 1 amide bonds. The second-order valence-corrected chi connectivity index (χ2v) is 11.1. The van der Waals surface area contributed by atoms with Crippen molar-refractivity contribution in [1.82, 2.24) is 4.98 Å². The first-order chi connectivity index (χ1) is 12.6. The monoisotopic (exact) mass is 434 g/mol. The van der Waals surface area contributed by atoms with Crippen LogP contribution >= 0.6 is 11.3 Å². The summed E-state index contributed by atoms with van der Waals surface area (Å²) in [6.07, 6.45) is -4.58. The van der Waals surface area contributed by atoms with E-state index in [1.165, 1.54) is 25.2 Å². The fraction of sp³-hybridized carbons (Fsp3) is 0.444. The van der Waals surface area contributed by atoms with E-state index in [4.69, 9.17) is 0 Å². The van der Waals surface area contributed by atoms with Crippen LogP contribution in [0.5, 0.6) is 0 Å². The standard InChI is InChI=1S/C18H21F3N2O3S2/c1-16(2,3)13-10-27-15(22-13)23-14(24)17(4,5)28(25,26)12-8-6-11(7-9-12)18(19,20)21/h6-10H,1-5H3,(H,22,23,24). The van der Waals surface area contributed by atoms with Gasteiger partial charge in [0.25, 0.3) is 0 Å². The average Bonchev–Trinajstić information content (AvgIpc) is 3.02. The summed E-state index contributed by atoms with van der Waals surface area (Å²) in [6.45, 7) is 8.26. The summed E-state index contributed by atoms with van der Waals surface area (Å²) in [5.74, 6) is -0.817. The fourth-order valence-corrected chi connectivity index (χ4v) is 4.47. The minimum atomic E-state index is -4.58. The molecule has 0 bridgehead atoms. The SMILES string of the molecule is CC(C)(C)c1csc(NC(=O)C(C)(C)S(=O)(=O)c2ccc(C(F)(F)F)cc2)n1. The summed E-state index contributed by atoms with van der Waals surface area (Å²) in [6, 6.07) is 3.07. The Kier molecular flexibility index (Phi) is 5.70. The molecule has 0 saturated heterocycles. The Hall–Kier alpha value is -1.94. The van der Waals surface area contributed by atoms with Crippen LogP contribution in [0.4, 0.5) is 18.3 Å².